The number of hydrogen-bond donors (Lipinski definition) is 0. The minimum atomic E-state index is 0.724. The highest BCUT2D eigenvalue weighted by atomic mass is 15.1. The Morgan fingerprint density at radius 2 is 1.43 bits per heavy atom. The summed E-state index contributed by atoms with van der Waals surface area (Å²) in [6.07, 6.45) is 0. The molecule has 2 heterocycles. The molecule has 0 unspecified atom stereocenters. The van der Waals surface area contributed by atoms with Crippen LogP contribution in [0.15, 0.2) is 36.4 Å². The Morgan fingerprint density at radius 3 is 1.86 bits per heavy atom. The summed E-state index contributed by atoms with van der Waals surface area (Å²) in [6.45, 7) is 8.19. The molecule has 0 aliphatic heterocycles. The highest BCUT2D eigenvalue weighted by molar-refractivity contribution is 5.13. The molecule has 0 radical (unpaired) electrons. The van der Waals surface area contributed by atoms with E-state index >= 15 is 0 Å². The molecule has 0 saturated heterocycles. The van der Waals surface area contributed by atoms with Gasteiger partial charge in [0.1, 0.15) is 0 Å². The predicted molar refractivity (Wildman–Crippen MR) is 85.5 cm³/mol. The van der Waals surface area contributed by atoms with Crippen LogP contribution < -0.4 is 0 Å². The van der Waals surface area contributed by atoms with Gasteiger partial charge in [-0.2, -0.15) is 0 Å². The maximum Gasteiger partial charge on any atom is 0.0608 e. The zero-order chi connectivity index (χ0) is 15.1. The minimum absolute atomic E-state index is 0.724. The van der Waals surface area contributed by atoms with E-state index in [9.17, 15) is 0 Å². The fourth-order valence-electron chi connectivity index (χ4n) is 2.19. The van der Waals surface area contributed by atoms with E-state index < -0.39 is 0 Å². The molecule has 0 fully saturated rings. The van der Waals surface area contributed by atoms with Gasteiger partial charge in [0.15, 0.2) is 0 Å². The van der Waals surface area contributed by atoms with E-state index in [-0.39, 0.29) is 0 Å². The predicted octanol–water partition coefficient (Wildman–Crippen LogP) is 3.12. The summed E-state index contributed by atoms with van der Waals surface area (Å²) in [5, 5.41) is 0. The monoisotopic (exact) mass is 279 g/mol. The average molecular weight is 279 g/mol. The summed E-state index contributed by atoms with van der Waals surface area (Å²) in [4.78, 5) is 11.4. The van der Waals surface area contributed by atoms with E-state index in [2.05, 4.69) is 38.8 Å². The molecule has 3 heteroatoms. The molecular weight excluding hydrogens is 258 g/mol. The number of hydrogen-bond acceptors (Lipinski definition) is 3. The molecule has 0 spiro atoms. The lowest BCUT2D eigenvalue weighted by atomic mass is 10.2. The lowest BCUT2D eigenvalue weighted by Crippen LogP contribution is -2.24. The van der Waals surface area contributed by atoms with Crippen molar-refractivity contribution in [3.63, 3.8) is 0 Å². The molecule has 0 atom stereocenters. The average Bonchev–Trinajstić information content (AvgIpc) is 2.45. The summed E-state index contributed by atoms with van der Waals surface area (Å²) >= 11 is 0. The van der Waals surface area contributed by atoms with Crippen molar-refractivity contribution in [3.8, 4) is 11.8 Å². The van der Waals surface area contributed by atoms with Crippen LogP contribution >= 0.6 is 0 Å². The molecule has 0 aliphatic rings. The molecule has 0 aliphatic carbocycles. The standard InChI is InChI=1S/C18H21N3/c1-4-5-12-21(13-17-10-6-8-15(2)19-17)14-18-11-7-9-16(3)20-18/h6-11H,12-14H2,1-3H3. The Labute approximate surface area is 127 Å². The molecule has 2 rings (SSSR count). The third-order valence-corrected chi connectivity index (χ3v) is 3.14. The van der Waals surface area contributed by atoms with Crippen LogP contribution in [0.4, 0.5) is 0 Å². The van der Waals surface area contributed by atoms with Crippen LogP contribution in [-0.4, -0.2) is 21.4 Å². The van der Waals surface area contributed by atoms with E-state index in [1.54, 1.807) is 0 Å². The van der Waals surface area contributed by atoms with E-state index in [0.29, 0.717) is 0 Å². The van der Waals surface area contributed by atoms with E-state index in [1.165, 1.54) is 0 Å². The fourth-order valence-corrected chi connectivity index (χ4v) is 2.19. The van der Waals surface area contributed by atoms with Gasteiger partial charge >= 0.3 is 0 Å². The first kappa shape index (κ1) is 15.2. The van der Waals surface area contributed by atoms with Gasteiger partial charge in [-0.1, -0.05) is 18.1 Å². The third-order valence-electron chi connectivity index (χ3n) is 3.14. The molecule has 21 heavy (non-hydrogen) atoms. The van der Waals surface area contributed by atoms with Crippen LogP contribution in [0.2, 0.25) is 0 Å². The molecule has 0 amide bonds. The summed E-state index contributed by atoms with van der Waals surface area (Å²) in [7, 11) is 0. The van der Waals surface area contributed by atoms with Crippen molar-refractivity contribution < 1.29 is 0 Å². The number of aromatic nitrogens is 2. The van der Waals surface area contributed by atoms with Gasteiger partial charge in [0, 0.05) is 24.5 Å². The maximum atomic E-state index is 4.57. The topological polar surface area (TPSA) is 29.0 Å². The number of pyridine rings is 2. The highest BCUT2D eigenvalue weighted by Crippen LogP contribution is 2.08. The van der Waals surface area contributed by atoms with Gasteiger partial charge in [0.25, 0.3) is 0 Å². The molecule has 108 valence electrons. The molecule has 2 aromatic rings. The smallest absolute Gasteiger partial charge is 0.0608 e. The van der Waals surface area contributed by atoms with Crippen LogP contribution in [0.3, 0.4) is 0 Å². The molecule has 3 nitrogen and oxygen atoms in total. The second-order valence-corrected chi connectivity index (χ2v) is 5.11. The summed E-state index contributed by atoms with van der Waals surface area (Å²) in [6, 6.07) is 12.2. The van der Waals surface area contributed by atoms with Crippen molar-refractivity contribution in [3.05, 3.63) is 59.2 Å². The number of aryl methyl sites for hydroxylation is 2. The van der Waals surface area contributed by atoms with Crippen molar-refractivity contribution in [1.29, 1.82) is 0 Å². The Kier molecular flexibility index (Phi) is 5.48. The molecule has 0 saturated carbocycles. The molecule has 0 bridgehead atoms. The quantitative estimate of drug-likeness (QED) is 0.787. The van der Waals surface area contributed by atoms with Gasteiger partial charge in [-0.15, -0.1) is 5.92 Å². The lowest BCUT2D eigenvalue weighted by Gasteiger charge is -2.19. The Morgan fingerprint density at radius 1 is 0.905 bits per heavy atom. The highest BCUT2D eigenvalue weighted by Gasteiger charge is 2.08. The second-order valence-electron chi connectivity index (χ2n) is 5.11. The van der Waals surface area contributed by atoms with E-state index in [1.807, 2.05) is 45.0 Å². The second kappa shape index (κ2) is 7.56. The van der Waals surface area contributed by atoms with Crippen molar-refractivity contribution in [2.45, 2.75) is 33.9 Å². The molecule has 0 N–H and O–H groups in total. The molecular formula is C18H21N3. The zero-order valence-corrected chi connectivity index (χ0v) is 12.9. The Balaban J connectivity index is 2.11. The van der Waals surface area contributed by atoms with E-state index in [0.717, 1.165) is 42.4 Å². The minimum Gasteiger partial charge on any atom is -0.281 e. The van der Waals surface area contributed by atoms with Crippen molar-refractivity contribution in [1.82, 2.24) is 14.9 Å². The Hall–Kier alpha value is -2.18. The van der Waals surface area contributed by atoms with Gasteiger partial charge in [-0.05, 0) is 45.0 Å². The normalized spacial score (nSPS) is 10.3. The van der Waals surface area contributed by atoms with E-state index in [4.69, 9.17) is 0 Å². The van der Waals surface area contributed by atoms with Gasteiger partial charge in [-0.3, -0.25) is 14.9 Å². The largest absolute Gasteiger partial charge is 0.281 e. The van der Waals surface area contributed by atoms with Crippen LogP contribution in [0.1, 0.15) is 29.7 Å². The van der Waals surface area contributed by atoms with Crippen LogP contribution in [-0.2, 0) is 13.1 Å². The van der Waals surface area contributed by atoms with Crippen LogP contribution in [0.5, 0.6) is 0 Å². The first-order valence-corrected chi connectivity index (χ1v) is 7.14. The Bertz CT molecular complexity index is 605. The van der Waals surface area contributed by atoms with Gasteiger partial charge in [0.05, 0.1) is 17.9 Å². The summed E-state index contributed by atoms with van der Waals surface area (Å²) in [5.41, 5.74) is 4.23. The SMILES string of the molecule is CC#CCN(Cc1cccc(C)n1)Cc1cccc(C)n1. The number of nitrogens with zero attached hydrogens (tertiary/aromatic N) is 3. The van der Waals surface area contributed by atoms with Crippen molar-refractivity contribution in [2.24, 2.45) is 0 Å². The first-order chi connectivity index (χ1) is 10.2. The fraction of sp³-hybridized carbons (Fsp3) is 0.333. The molecule has 0 aromatic carbocycles. The van der Waals surface area contributed by atoms with Gasteiger partial charge in [-0.25, -0.2) is 0 Å². The zero-order valence-electron chi connectivity index (χ0n) is 12.9. The summed E-state index contributed by atoms with van der Waals surface area (Å²) < 4.78 is 0. The van der Waals surface area contributed by atoms with Gasteiger partial charge < -0.3 is 0 Å². The third kappa shape index (κ3) is 5.02. The maximum absolute atomic E-state index is 4.57. The van der Waals surface area contributed by atoms with Crippen molar-refractivity contribution in [2.75, 3.05) is 6.54 Å². The van der Waals surface area contributed by atoms with Crippen LogP contribution in [0, 0.1) is 25.7 Å². The summed E-state index contributed by atoms with van der Waals surface area (Å²) in [5.74, 6) is 6.10. The van der Waals surface area contributed by atoms with Gasteiger partial charge in [0.2, 0.25) is 0 Å². The first-order valence-electron chi connectivity index (χ1n) is 7.14. The molecule has 2 aromatic heterocycles. The van der Waals surface area contributed by atoms with Crippen LogP contribution in [0.25, 0.3) is 0 Å². The lowest BCUT2D eigenvalue weighted by molar-refractivity contribution is 0.283. The van der Waals surface area contributed by atoms with Crippen molar-refractivity contribution >= 4 is 0 Å². The number of rotatable bonds is 5.